The van der Waals surface area contributed by atoms with Gasteiger partial charge >= 0.3 is 5.97 Å². The van der Waals surface area contributed by atoms with Gasteiger partial charge < -0.3 is 14.4 Å². The number of ether oxygens (including phenoxy) is 1. The zero-order chi connectivity index (χ0) is 18.1. The van der Waals surface area contributed by atoms with Crippen LogP contribution in [-0.2, 0) is 4.74 Å². The molecule has 7 nitrogen and oxygen atoms in total. The van der Waals surface area contributed by atoms with Gasteiger partial charge in [0.05, 0.1) is 18.2 Å². The molecule has 0 amide bonds. The normalized spacial score (nSPS) is 10.8. The highest BCUT2D eigenvalue weighted by Gasteiger charge is 2.16. The fourth-order valence-corrected chi connectivity index (χ4v) is 2.61. The number of nitrogens with zero attached hydrogens (tertiary/aromatic N) is 3. The van der Waals surface area contributed by atoms with Crippen LogP contribution in [-0.4, -0.2) is 33.3 Å². The third-order valence-corrected chi connectivity index (χ3v) is 3.84. The minimum absolute atomic E-state index is 0.105. The van der Waals surface area contributed by atoms with E-state index in [0.717, 1.165) is 10.9 Å². The molecular weight excluding hydrogens is 334 g/mol. The minimum Gasteiger partial charge on any atom is -0.508 e. The Balaban J connectivity index is 1.73. The summed E-state index contributed by atoms with van der Waals surface area (Å²) < 4.78 is 9.95. The number of fused-ring (bicyclic) bond motifs is 1. The second-order valence-electron chi connectivity index (χ2n) is 5.57. The zero-order valence-corrected chi connectivity index (χ0v) is 13.7. The van der Waals surface area contributed by atoms with Crippen molar-refractivity contribution in [1.29, 1.82) is 0 Å². The molecule has 0 aliphatic heterocycles. The van der Waals surface area contributed by atoms with Crippen LogP contribution >= 0.6 is 0 Å². The van der Waals surface area contributed by atoms with Gasteiger partial charge in [0.25, 0.3) is 5.89 Å². The Morgan fingerprint density at radius 1 is 1.08 bits per heavy atom. The molecule has 0 saturated heterocycles. The molecule has 2 aromatic heterocycles. The second-order valence-corrected chi connectivity index (χ2v) is 5.57. The molecule has 0 saturated carbocycles. The largest absolute Gasteiger partial charge is 0.508 e. The van der Waals surface area contributed by atoms with Crippen molar-refractivity contribution in [2.75, 3.05) is 7.11 Å². The van der Waals surface area contributed by atoms with Gasteiger partial charge in [-0.05, 0) is 30.3 Å². The van der Waals surface area contributed by atoms with Crippen LogP contribution in [0.3, 0.4) is 0 Å². The zero-order valence-electron chi connectivity index (χ0n) is 13.7. The summed E-state index contributed by atoms with van der Waals surface area (Å²) in [5.74, 6) is -0.200. The van der Waals surface area contributed by atoms with Crippen molar-refractivity contribution >= 4 is 16.9 Å². The van der Waals surface area contributed by atoms with E-state index in [1.807, 2.05) is 30.3 Å². The highest BCUT2D eigenvalue weighted by atomic mass is 16.5. The molecular formula is C19H13N3O4. The van der Waals surface area contributed by atoms with E-state index >= 15 is 0 Å². The van der Waals surface area contributed by atoms with Crippen LogP contribution in [0.15, 0.2) is 59.1 Å². The van der Waals surface area contributed by atoms with E-state index in [-0.39, 0.29) is 17.2 Å². The van der Waals surface area contributed by atoms with Crippen molar-refractivity contribution in [2.45, 2.75) is 0 Å². The smallest absolute Gasteiger partial charge is 0.338 e. The van der Waals surface area contributed by atoms with Gasteiger partial charge in [-0.25, -0.2) is 9.78 Å². The first kappa shape index (κ1) is 15.8. The Labute approximate surface area is 147 Å². The van der Waals surface area contributed by atoms with Gasteiger partial charge in [0.1, 0.15) is 11.4 Å². The lowest BCUT2D eigenvalue weighted by molar-refractivity contribution is 0.0600. The SMILES string of the molecule is COC(=O)c1cc(O)cc(-c2nc(-c3ccc4ccccc4n3)no2)c1. The summed E-state index contributed by atoms with van der Waals surface area (Å²) in [6.07, 6.45) is 0. The predicted octanol–water partition coefficient (Wildman–Crippen LogP) is 3.44. The number of hydrogen-bond acceptors (Lipinski definition) is 7. The highest BCUT2D eigenvalue weighted by molar-refractivity contribution is 5.91. The Bertz CT molecular complexity index is 1120. The van der Waals surface area contributed by atoms with Gasteiger partial charge in [-0.2, -0.15) is 4.98 Å². The Morgan fingerprint density at radius 3 is 2.77 bits per heavy atom. The van der Waals surface area contributed by atoms with E-state index in [4.69, 9.17) is 4.52 Å². The van der Waals surface area contributed by atoms with E-state index in [9.17, 15) is 9.90 Å². The minimum atomic E-state index is -0.571. The van der Waals surface area contributed by atoms with Crippen LogP contribution < -0.4 is 0 Å². The van der Waals surface area contributed by atoms with E-state index in [1.54, 1.807) is 6.07 Å². The number of phenols is 1. The summed E-state index contributed by atoms with van der Waals surface area (Å²) in [5, 5.41) is 14.8. The number of pyridine rings is 1. The molecule has 0 fully saturated rings. The van der Waals surface area contributed by atoms with Crippen molar-refractivity contribution in [3.05, 3.63) is 60.2 Å². The molecule has 0 unspecified atom stereocenters. The van der Waals surface area contributed by atoms with E-state index in [2.05, 4.69) is 19.9 Å². The first-order chi connectivity index (χ1) is 12.6. The van der Waals surface area contributed by atoms with Crippen LogP contribution in [0.4, 0.5) is 0 Å². The molecule has 4 rings (SSSR count). The Hall–Kier alpha value is -3.74. The first-order valence-corrected chi connectivity index (χ1v) is 7.76. The lowest BCUT2D eigenvalue weighted by Gasteiger charge is -2.02. The Morgan fingerprint density at radius 2 is 1.92 bits per heavy atom. The number of carbonyl (C=O) groups excluding carboxylic acids is 1. The van der Waals surface area contributed by atoms with Crippen molar-refractivity contribution in [2.24, 2.45) is 0 Å². The third-order valence-electron chi connectivity index (χ3n) is 3.84. The molecule has 4 aromatic rings. The summed E-state index contributed by atoms with van der Waals surface area (Å²) in [7, 11) is 1.27. The number of methoxy groups -OCH3 is 1. The molecule has 1 N–H and O–H groups in total. The topological polar surface area (TPSA) is 98.3 Å². The average molecular weight is 347 g/mol. The van der Waals surface area contributed by atoms with Gasteiger partial charge in [-0.3, -0.25) is 0 Å². The molecule has 2 aromatic carbocycles. The monoisotopic (exact) mass is 347 g/mol. The maximum atomic E-state index is 11.7. The molecule has 0 radical (unpaired) electrons. The fraction of sp³-hybridized carbons (Fsp3) is 0.0526. The number of carbonyl (C=O) groups is 1. The molecule has 2 heterocycles. The summed E-state index contributed by atoms with van der Waals surface area (Å²) in [5.41, 5.74) is 1.98. The van der Waals surface area contributed by atoms with Gasteiger partial charge in [0.2, 0.25) is 5.82 Å². The summed E-state index contributed by atoms with van der Waals surface area (Å²) in [4.78, 5) is 20.5. The van der Waals surface area contributed by atoms with Gasteiger partial charge in [-0.15, -0.1) is 0 Å². The van der Waals surface area contributed by atoms with Gasteiger partial charge in [0, 0.05) is 10.9 Å². The van der Waals surface area contributed by atoms with Crippen LogP contribution in [0.25, 0.3) is 33.9 Å². The quantitative estimate of drug-likeness (QED) is 0.567. The molecule has 0 aliphatic rings. The number of aromatic hydroxyl groups is 1. The molecule has 128 valence electrons. The molecule has 26 heavy (non-hydrogen) atoms. The van der Waals surface area contributed by atoms with Gasteiger partial charge in [-0.1, -0.05) is 29.4 Å². The van der Waals surface area contributed by atoms with Gasteiger partial charge in [0.15, 0.2) is 0 Å². The molecule has 7 heteroatoms. The van der Waals surface area contributed by atoms with Crippen molar-refractivity contribution in [3.63, 3.8) is 0 Å². The maximum Gasteiger partial charge on any atom is 0.338 e. The van der Waals surface area contributed by atoms with Crippen LogP contribution in [0.5, 0.6) is 5.75 Å². The van der Waals surface area contributed by atoms with E-state index in [1.165, 1.54) is 25.3 Å². The van der Waals surface area contributed by atoms with E-state index < -0.39 is 5.97 Å². The summed E-state index contributed by atoms with van der Waals surface area (Å²) >= 11 is 0. The van der Waals surface area contributed by atoms with Crippen LogP contribution in [0.1, 0.15) is 10.4 Å². The average Bonchev–Trinajstić information content (AvgIpc) is 3.16. The first-order valence-electron chi connectivity index (χ1n) is 7.76. The number of phenolic OH excluding ortho intramolecular Hbond substituents is 1. The maximum absolute atomic E-state index is 11.7. The van der Waals surface area contributed by atoms with Crippen LogP contribution in [0, 0.1) is 0 Å². The summed E-state index contributed by atoms with van der Waals surface area (Å²) in [6, 6.07) is 15.7. The predicted molar refractivity (Wildman–Crippen MR) is 93.5 cm³/mol. The summed E-state index contributed by atoms with van der Waals surface area (Å²) in [6.45, 7) is 0. The van der Waals surface area contributed by atoms with Crippen LogP contribution in [0.2, 0.25) is 0 Å². The Kier molecular flexibility index (Phi) is 3.81. The van der Waals surface area contributed by atoms with Crippen molar-refractivity contribution < 1.29 is 19.2 Å². The number of hydrogen-bond donors (Lipinski definition) is 1. The van der Waals surface area contributed by atoms with E-state index in [0.29, 0.717) is 17.1 Å². The van der Waals surface area contributed by atoms with Crippen molar-refractivity contribution in [3.8, 4) is 28.7 Å². The number of para-hydroxylation sites is 1. The highest BCUT2D eigenvalue weighted by Crippen LogP contribution is 2.27. The molecule has 0 spiro atoms. The standard InChI is InChI=1S/C19H13N3O4/c1-25-19(24)13-8-12(9-14(23)10-13)18-21-17(22-26-18)16-7-6-11-4-2-3-5-15(11)20-16/h2-10,23H,1H3. The lowest BCUT2D eigenvalue weighted by atomic mass is 10.1. The lowest BCUT2D eigenvalue weighted by Crippen LogP contribution is -2.01. The number of aromatic nitrogens is 3. The number of rotatable bonds is 3. The molecule has 0 aliphatic carbocycles. The second kappa shape index (κ2) is 6.29. The molecule has 0 atom stereocenters. The third kappa shape index (κ3) is 2.86. The fourth-order valence-electron chi connectivity index (χ4n) is 2.61. The number of esters is 1. The molecule has 0 bridgehead atoms. The number of benzene rings is 2. The van der Waals surface area contributed by atoms with Crippen molar-refractivity contribution in [1.82, 2.24) is 15.1 Å².